The van der Waals surface area contributed by atoms with Crippen molar-refractivity contribution in [1.29, 1.82) is 0 Å². The molecule has 1 saturated heterocycles. The van der Waals surface area contributed by atoms with Gasteiger partial charge >= 0.3 is 5.97 Å². The lowest BCUT2D eigenvalue weighted by Gasteiger charge is -2.33. The Morgan fingerprint density at radius 1 is 1.14 bits per heavy atom. The summed E-state index contributed by atoms with van der Waals surface area (Å²) in [6.45, 7) is 4.29. The van der Waals surface area contributed by atoms with Crippen LogP contribution in [-0.2, 0) is 16.1 Å². The number of likely N-dealkylation sites (tertiary alicyclic amines) is 1. The molecular weight excluding hydrogens is 489 g/mol. The lowest BCUT2D eigenvalue weighted by atomic mass is 9.97. The van der Waals surface area contributed by atoms with Crippen LogP contribution in [0.1, 0.15) is 25.3 Å². The molecule has 1 aliphatic heterocycles. The van der Waals surface area contributed by atoms with Crippen LogP contribution in [0.15, 0.2) is 17.1 Å². The van der Waals surface area contributed by atoms with Crippen LogP contribution in [0, 0.1) is 5.92 Å². The molecule has 164 valence electrons. The number of piperidine rings is 1. The molecule has 9 heteroatoms. The van der Waals surface area contributed by atoms with E-state index in [2.05, 4.69) is 15.2 Å². The largest absolute Gasteiger partial charge is 0.493 e. The Labute approximate surface area is 189 Å². The number of rotatable bonds is 7. The molecule has 0 spiro atoms. The summed E-state index contributed by atoms with van der Waals surface area (Å²) in [7, 11) is 6.54. The number of nitrogens with zero attached hydrogens (tertiary/aromatic N) is 2. The van der Waals surface area contributed by atoms with E-state index in [4.69, 9.17) is 18.9 Å². The molecule has 8 nitrogen and oxygen atoms in total. The number of guanidine groups is 1. The Morgan fingerprint density at radius 2 is 1.79 bits per heavy atom. The second-order valence-electron chi connectivity index (χ2n) is 6.41. The number of carbonyl (C=O) groups excluding carboxylic acids is 1. The number of nitrogens with one attached hydrogen (secondary N) is 1. The molecule has 0 aliphatic carbocycles. The summed E-state index contributed by atoms with van der Waals surface area (Å²) in [4.78, 5) is 18.5. The van der Waals surface area contributed by atoms with E-state index in [1.165, 1.54) is 0 Å². The van der Waals surface area contributed by atoms with Crippen molar-refractivity contribution in [3.63, 3.8) is 0 Å². The van der Waals surface area contributed by atoms with Crippen LogP contribution >= 0.6 is 24.0 Å². The van der Waals surface area contributed by atoms with Crippen LogP contribution in [0.2, 0.25) is 0 Å². The maximum Gasteiger partial charge on any atom is 0.309 e. The minimum absolute atomic E-state index is 0. The third kappa shape index (κ3) is 6.28. The van der Waals surface area contributed by atoms with E-state index in [0.29, 0.717) is 30.4 Å². The van der Waals surface area contributed by atoms with Gasteiger partial charge in [0, 0.05) is 32.2 Å². The van der Waals surface area contributed by atoms with E-state index in [1.807, 2.05) is 19.1 Å². The molecule has 0 atom stereocenters. The van der Waals surface area contributed by atoms with Gasteiger partial charge in [0.25, 0.3) is 0 Å². The summed E-state index contributed by atoms with van der Waals surface area (Å²) in [6, 6.07) is 3.79. The molecular formula is C20H32IN3O5. The first-order valence-corrected chi connectivity index (χ1v) is 9.49. The minimum atomic E-state index is -0.0971. The summed E-state index contributed by atoms with van der Waals surface area (Å²) in [5, 5.41) is 3.37. The molecule has 29 heavy (non-hydrogen) atoms. The van der Waals surface area contributed by atoms with Crippen molar-refractivity contribution < 1.29 is 23.7 Å². The second-order valence-corrected chi connectivity index (χ2v) is 6.41. The number of benzene rings is 1. The number of esters is 1. The molecule has 1 aromatic carbocycles. The molecule has 0 aromatic heterocycles. The maximum absolute atomic E-state index is 11.9. The van der Waals surface area contributed by atoms with Crippen LogP contribution in [0.4, 0.5) is 0 Å². The highest BCUT2D eigenvalue weighted by atomic mass is 127. The first kappa shape index (κ1) is 25.1. The van der Waals surface area contributed by atoms with Crippen molar-refractivity contribution in [2.24, 2.45) is 10.9 Å². The van der Waals surface area contributed by atoms with Crippen LogP contribution in [0.3, 0.4) is 0 Å². The van der Waals surface area contributed by atoms with Gasteiger partial charge in [-0.1, -0.05) is 0 Å². The molecule has 0 bridgehead atoms. The average Bonchev–Trinajstić information content (AvgIpc) is 2.73. The normalized spacial score (nSPS) is 14.7. The highest BCUT2D eigenvalue weighted by Gasteiger charge is 2.27. The third-order valence-corrected chi connectivity index (χ3v) is 4.85. The zero-order valence-corrected chi connectivity index (χ0v) is 20.1. The number of hydrogen-bond donors (Lipinski definition) is 1. The number of ether oxygens (including phenoxy) is 4. The molecule has 0 amide bonds. The standard InChI is InChI=1S/C20H31N3O5.HI/c1-6-28-19(24)14-9-11-23(12-10-14)20(21-2)22-13-15-7-8-16(25-3)18(27-5)17(15)26-4;/h7-8,14H,6,9-13H2,1-5H3,(H,21,22);1H. The van der Waals surface area contributed by atoms with E-state index in [-0.39, 0.29) is 35.9 Å². The molecule has 1 aromatic rings. The number of halogens is 1. The number of carbonyl (C=O) groups is 1. The van der Waals surface area contributed by atoms with Crippen LogP contribution in [-0.4, -0.2) is 64.9 Å². The van der Waals surface area contributed by atoms with Crippen molar-refractivity contribution >= 4 is 35.9 Å². The summed E-state index contributed by atoms with van der Waals surface area (Å²) in [5.41, 5.74) is 0.933. The topological polar surface area (TPSA) is 81.6 Å². The number of methoxy groups -OCH3 is 3. The zero-order valence-electron chi connectivity index (χ0n) is 17.8. The highest BCUT2D eigenvalue weighted by Crippen LogP contribution is 2.39. The highest BCUT2D eigenvalue weighted by molar-refractivity contribution is 14.0. The molecule has 1 heterocycles. The summed E-state index contributed by atoms with van der Waals surface area (Å²) < 4.78 is 21.4. The van der Waals surface area contributed by atoms with Crippen molar-refractivity contribution in [3.8, 4) is 17.2 Å². The van der Waals surface area contributed by atoms with Gasteiger partial charge in [0.1, 0.15) is 0 Å². The van der Waals surface area contributed by atoms with Gasteiger partial charge in [0.05, 0.1) is 33.9 Å². The van der Waals surface area contributed by atoms with Gasteiger partial charge < -0.3 is 29.2 Å². The van der Waals surface area contributed by atoms with Gasteiger partial charge in [0.2, 0.25) is 5.75 Å². The maximum atomic E-state index is 11.9. The Hall–Kier alpha value is -1.91. The number of hydrogen-bond acceptors (Lipinski definition) is 6. The van der Waals surface area contributed by atoms with E-state index < -0.39 is 0 Å². The molecule has 0 radical (unpaired) electrons. The lowest BCUT2D eigenvalue weighted by Crippen LogP contribution is -2.46. The van der Waals surface area contributed by atoms with Gasteiger partial charge in [0.15, 0.2) is 17.5 Å². The van der Waals surface area contributed by atoms with E-state index >= 15 is 0 Å². The van der Waals surface area contributed by atoms with Gasteiger partial charge in [-0.05, 0) is 31.9 Å². The second kappa shape index (κ2) is 12.6. The molecule has 0 saturated carbocycles. The fourth-order valence-corrected chi connectivity index (χ4v) is 3.40. The van der Waals surface area contributed by atoms with Crippen LogP contribution < -0.4 is 19.5 Å². The van der Waals surface area contributed by atoms with Crippen molar-refractivity contribution in [3.05, 3.63) is 17.7 Å². The monoisotopic (exact) mass is 521 g/mol. The van der Waals surface area contributed by atoms with E-state index in [9.17, 15) is 4.79 Å². The fourth-order valence-electron chi connectivity index (χ4n) is 3.40. The molecule has 1 N–H and O–H groups in total. The first-order chi connectivity index (χ1) is 13.6. The molecule has 2 rings (SSSR count). The summed E-state index contributed by atoms with van der Waals surface area (Å²) in [6.07, 6.45) is 1.53. The summed E-state index contributed by atoms with van der Waals surface area (Å²) >= 11 is 0. The quantitative estimate of drug-likeness (QED) is 0.256. The van der Waals surface area contributed by atoms with Gasteiger partial charge in [-0.25, -0.2) is 0 Å². The van der Waals surface area contributed by atoms with Crippen LogP contribution in [0.25, 0.3) is 0 Å². The van der Waals surface area contributed by atoms with Crippen molar-refractivity contribution in [2.75, 3.05) is 48.1 Å². The predicted molar refractivity (Wildman–Crippen MR) is 123 cm³/mol. The molecule has 1 fully saturated rings. The first-order valence-electron chi connectivity index (χ1n) is 9.49. The zero-order chi connectivity index (χ0) is 20.5. The lowest BCUT2D eigenvalue weighted by molar-refractivity contribution is -0.149. The van der Waals surface area contributed by atoms with E-state index in [0.717, 1.165) is 37.5 Å². The van der Waals surface area contributed by atoms with Crippen LogP contribution in [0.5, 0.6) is 17.2 Å². The Balaban J connectivity index is 0.00000420. The Kier molecular flexibility index (Phi) is 10.9. The SMILES string of the molecule is CCOC(=O)C1CCN(C(=NC)NCc2ccc(OC)c(OC)c2OC)CC1.I. The number of aliphatic imine (C=N–C) groups is 1. The third-order valence-electron chi connectivity index (χ3n) is 4.85. The van der Waals surface area contributed by atoms with Gasteiger partial charge in [-0.2, -0.15) is 0 Å². The Bertz CT molecular complexity index is 691. The fraction of sp³-hybridized carbons (Fsp3) is 0.600. The predicted octanol–water partition coefficient (Wildman–Crippen LogP) is 2.68. The average molecular weight is 521 g/mol. The summed E-state index contributed by atoms with van der Waals surface area (Å²) in [5.74, 6) is 2.48. The van der Waals surface area contributed by atoms with Gasteiger partial charge in [-0.3, -0.25) is 9.79 Å². The van der Waals surface area contributed by atoms with Crippen molar-refractivity contribution in [2.45, 2.75) is 26.3 Å². The Morgan fingerprint density at radius 3 is 2.31 bits per heavy atom. The smallest absolute Gasteiger partial charge is 0.309 e. The van der Waals surface area contributed by atoms with E-state index in [1.54, 1.807) is 28.4 Å². The molecule has 1 aliphatic rings. The van der Waals surface area contributed by atoms with Gasteiger partial charge in [-0.15, -0.1) is 24.0 Å². The van der Waals surface area contributed by atoms with Crippen molar-refractivity contribution in [1.82, 2.24) is 10.2 Å². The molecule has 0 unspecified atom stereocenters. The minimum Gasteiger partial charge on any atom is -0.493 e.